The van der Waals surface area contributed by atoms with Gasteiger partial charge in [0.15, 0.2) is 0 Å². The number of carbonyl (C=O) groups is 1. The van der Waals surface area contributed by atoms with Gasteiger partial charge in [-0.2, -0.15) is 4.98 Å². The summed E-state index contributed by atoms with van der Waals surface area (Å²) in [6, 6.07) is 6.81. The molecule has 16 heavy (non-hydrogen) atoms. The van der Waals surface area contributed by atoms with Crippen molar-refractivity contribution in [1.82, 2.24) is 14.8 Å². The first kappa shape index (κ1) is 10.6. The number of amides is 1. The van der Waals surface area contributed by atoms with Crippen LogP contribution in [0.2, 0.25) is 0 Å². The van der Waals surface area contributed by atoms with Crippen molar-refractivity contribution in [3.63, 3.8) is 0 Å². The second kappa shape index (κ2) is 3.93. The van der Waals surface area contributed by atoms with Crippen molar-refractivity contribution in [2.45, 2.75) is 0 Å². The Kier molecular flexibility index (Phi) is 2.61. The van der Waals surface area contributed by atoms with Crippen molar-refractivity contribution in [2.24, 2.45) is 5.73 Å². The summed E-state index contributed by atoms with van der Waals surface area (Å²) < 4.78 is 1.83. The molecule has 4 N–H and O–H groups in total. The number of halogens is 1. The Bertz CT molecular complexity index is 551. The molecule has 0 fully saturated rings. The Balaban J connectivity index is 2.64. The monoisotopic (exact) mass is 281 g/mol. The number of carbonyl (C=O) groups excluding carboxylic acids is 1. The molecule has 0 atom stereocenters. The minimum Gasteiger partial charge on any atom is -0.366 e. The molecule has 0 aliphatic carbocycles. The van der Waals surface area contributed by atoms with E-state index in [-0.39, 0.29) is 5.95 Å². The zero-order chi connectivity index (χ0) is 11.7. The van der Waals surface area contributed by atoms with Crippen molar-refractivity contribution in [3.05, 3.63) is 34.6 Å². The molecule has 0 unspecified atom stereocenters. The van der Waals surface area contributed by atoms with Gasteiger partial charge < -0.3 is 11.5 Å². The number of hydrogen-bond acceptors (Lipinski definition) is 4. The molecular formula is C9H8BrN5O. The fourth-order valence-electron chi connectivity index (χ4n) is 1.33. The van der Waals surface area contributed by atoms with Crippen LogP contribution >= 0.6 is 15.9 Å². The molecule has 0 saturated heterocycles. The molecule has 0 spiro atoms. The summed E-state index contributed by atoms with van der Waals surface area (Å²) in [6.45, 7) is 0. The summed E-state index contributed by atoms with van der Waals surface area (Å²) in [5.74, 6) is -0.414. The van der Waals surface area contributed by atoms with Crippen LogP contribution in [0, 0.1) is 0 Å². The molecule has 0 aliphatic heterocycles. The maximum atomic E-state index is 11.2. The van der Waals surface area contributed by atoms with Crippen LogP contribution in [0.15, 0.2) is 29.0 Å². The van der Waals surface area contributed by atoms with Crippen molar-refractivity contribution in [2.75, 3.05) is 5.73 Å². The third kappa shape index (κ3) is 1.76. The van der Waals surface area contributed by atoms with E-state index in [4.69, 9.17) is 11.5 Å². The maximum absolute atomic E-state index is 11.2. The average Bonchev–Trinajstić information content (AvgIpc) is 2.57. The number of nitrogen functional groups attached to an aromatic ring is 1. The molecule has 0 bridgehead atoms. The van der Waals surface area contributed by atoms with Crippen LogP contribution in [0.3, 0.4) is 0 Å². The second-order valence-corrected chi connectivity index (χ2v) is 3.74. The van der Waals surface area contributed by atoms with E-state index in [1.165, 1.54) is 4.68 Å². The van der Waals surface area contributed by atoms with Crippen molar-refractivity contribution < 1.29 is 4.79 Å². The lowest BCUT2D eigenvalue weighted by Gasteiger charge is -2.05. The summed E-state index contributed by atoms with van der Waals surface area (Å²) in [5, 5.41) is 3.95. The molecule has 2 rings (SSSR count). The minimum atomic E-state index is -0.531. The summed E-state index contributed by atoms with van der Waals surface area (Å²) in [7, 11) is 0. The molecule has 1 heterocycles. The molecule has 0 saturated carbocycles. The molecule has 7 heteroatoms. The second-order valence-electron chi connectivity index (χ2n) is 3.03. The van der Waals surface area contributed by atoms with Gasteiger partial charge in [0.2, 0.25) is 10.7 Å². The highest BCUT2D eigenvalue weighted by Gasteiger charge is 2.13. The van der Waals surface area contributed by atoms with Gasteiger partial charge in [-0.3, -0.25) is 4.79 Å². The third-order valence-corrected chi connectivity index (χ3v) is 2.49. The summed E-state index contributed by atoms with van der Waals surface area (Å²) >= 11 is 3.19. The summed E-state index contributed by atoms with van der Waals surface area (Å²) in [6.07, 6.45) is 0. The Morgan fingerprint density at radius 3 is 2.62 bits per heavy atom. The Labute approximate surface area is 99.4 Å². The molecule has 1 amide bonds. The number of benzene rings is 1. The SMILES string of the molecule is NC(=O)c1ccccc1-n1nc(N)nc1Br. The molecule has 82 valence electrons. The van der Waals surface area contributed by atoms with E-state index in [9.17, 15) is 4.79 Å². The van der Waals surface area contributed by atoms with E-state index in [1.807, 2.05) is 0 Å². The molecule has 0 aliphatic rings. The van der Waals surface area contributed by atoms with Gasteiger partial charge in [0.1, 0.15) is 0 Å². The number of primary amides is 1. The van der Waals surface area contributed by atoms with E-state index in [1.54, 1.807) is 24.3 Å². The van der Waals surface area contributed by atoms with E-state index in [0.717, 1.165) is 0 Å². The van der Waals surface area contributed by atoms with Gasteiger partial charge in [-0.1, -0.05) is 12.1 Å². The summed E-state index contributed by atoms with van der Waals surface area (Å²) in [4.78, 5) is 15.1. The molecule has 1 aromatic heterocycles. The fraction of sp³-hybridized carbons (Fsp3) is 0. The van der Waals surface area contributed by atoms with Crippen molar-refractivity contribution in [3.8, 4) is 5.69 Å². The number of nitrogens with zero attached hydrogens (tertiary/aromatic N) is 3. The molecule has 2 aromatic rings. The van der Waals surface area contributed by atoms with Gasteiger partial charge >= 0.3 is 0 Å². The van der Waals surface area contributed by atoms with Crippen LogP contribution in [0.4, 0.5) is 5.95 Å². The first-order chi connectivity index (χ1) is 7.59. The van der Waals surface area contributed by atoms with Crippen LogP contribution in [0.1, 0.15) is 10.4 Å². The standard InChI is InChI=1S/C9H8BrN5O/c10-8-13-9(12)14-15(8)6-4-2-1-3-5(6)7(11)16/h1-4H,(H2,11,16)(H2,12,14). The van der Waals surface area contributed by atoms with Gasteiger partial charge in [-0.15, -0.1) is 5.10 Å². The molecule has 0 radical (unpaired) electrons. The highest BCUT2D eigenvalue weighted by molar-refractivity contribution is 9.10. The van der Waals surface area contributed by atoms with Gasteiger partial charge in [-0.05, 0) is 28.1 Å². The lowest BCUT2D eigenvalue weighted by Crippen LogP contribution is -2.15. The Morgan fingerprint density at radius 2 is 2.06 bits per heavy atom. The normalized spacial score (nSPS) is 10.3. The number of anilines is 1. The number of aromatic nitrogens is 3. The smallest absolute Gasteiger partial charge is 0.250 e. The number of para-hydroxylation sites is 1. The van der Waals surface area contributed by atoms with Gasteiger partial charge in [-0.25, -0.2) is 4.68 Å². The number of nitrogens with two attached hydrogens (primary N) is 2. The number of hydrogen-bond donors (Lipinski definition) is 2. The Hall–Kier alpha value is -1.89. The predicted molar refractivity (Wildman–Crippen MR) is 62.0 cm³/mol. The Morgan fingerprint density at radius 1 is 1.38 bits per heavy atom. The zero-order valence-corrected chi connectivity index (χ0v) is 9.68. The highest BCUT2D eigenvalue weighted by Crippen LogP contribution is 2.18. The van der Waals surface area contributed by atoms with Crippen molar-refractivity contribution >= 4 is 27.8 Å². The van der Waals surface area contributed by atoms with Crippen molar-refractivity contribution in [1.29, 1.82) is 0 Å². The first-order valence-corrected chi connectivity index (χ1v) is 5.16. The lowest BCUT2D eigenvalue weighted by atomic mass is 10.2. The van der Waals surface area contributed by atoms with Gasteiger partial charge in [0, 0.05) is 0 Å². The van der Waals surface area contributed by atoms with E-state index < -0.39 is 5.91 Å². The van der Waals surface area contributed by atoms with E-state index in [2.05, 4.69) is 26.0 Å². The van der Waals surface area contributed by atoms with Crippen LogP contribution in [0.5, 0.6) is 0 Å². The predicted octanol–water partition coefficient (Wildman–Crippen LogP) is 0.711. The average molecular weight is 282 g/mol. The topological polar surface area (TPSA) is 99.8 Å². The number of rotatable bonds is 2. The van der Waals surface area contributed by atoms with Crippen LogP contribution in [0.25, 0.3) is 5.69 Å². The summed E-state index contributed by atoms with van der Waals surface area (Å²) in [5.41, 5.74) is 11.6. The van der Waals surface area contributed by atoms with Crippen LogP contribution in [-0.4, -0.2) is 20.7 Å². The van der Waals surface area contributed by atoms with Gasteiger partial charge in [0.25, 0.3) is 5.91 Å². The zero-order valence-electron chi connectivity index (χ0n) is 8.09. The third-order valence-electron chi connectivity index (χ3n) is 1.98. The highest BCUT2D eigenvalue weighted by atomic mass is 79.9. The minimum absolute atomic E-state index is 0.117. The van der Waals surface area contributed by atoms with E-state index >= 15 is 0 Å². The van der Waals surface area contributed by atoms with E-state index in [0.29, 0.717) is 16.0 Å². The maximum Gasteiger partial charge on any atom is 0.250 e. The van der Waals surface area contributed by atoms with Gasteiger partial charge in [0.05, 0.1) is 11.3 Å². The fourth-order valence-corrected chi connectivity index (χ4v) is 1.78. The molecular weight excluding hydrogens is 274 g/mol. The molecule has 6 nitrogen and oxygen atoms in total. The molecule has 1 aromatic carbocycles. The van der Waals surface area contributed by atoms with Crippen LogP contribution < -0.4 is 11.5 Å². The lowest BCUT2D eigenvalue weighted by molar-refractivity contribution is 0.1000. The first-order valence-electron chi connectivity index (χ1n) is 4.37. The largest absolute Gasteiger partial charge is 0.366 e. The quantitative estimate of drug-likeness (QED) is 0.847. The van der Waals surface area contributed by atoms with Crippen LogP contribution in [-0.2, 0) is 0 Å².